The number of carbonyl (C=O) groups excluding carboxylic acids is 2. The van der Waals surface area contributed by atoms with Gasteiger partial charge < -0.3 is 0 Å². The van der Waals surface area contributed by atoms with Gasteiger partial charge in [0.05, 0.1) is 6.67 Å². The molecule has 4 heteroatoms. The highest BCUT2D eigenvalue weighted by molar-refractivity contribution is 6.03. The molecule has 1 fully saturated rings. The summed E-state index contributed by atoms with van der Waals surface area (Å²) in [5.41, 5.74) is 6.84. The van der Waals surface area contributed by atoms with Gasteiger partial charge in [-0.1, -0.05) is 6.92 Å². The number of likely N-dealkylation sites (tertiary alicyclic amines) is 1. The summed E-state index contributed by atoms with van der Waals surface area (Å²) >= 11 is 0. The van der Waals surface area contributed by atoms with Crippen molar-refractivity contribution in [1.82, 2.24) is 10.6 Å². The van der Waals surface area contributed by atoms with Crippen LogP contribution in [0.5, 0.6) is 0 Å². The second-order valence-electron chi connectivity index (χ2n) is 2.42. The van der Waals surface area contributed by atoms with E-state index in [9.17, 15) is 9.59 Å². The molecule has 0 aromatic rings. The molecule has 1 saturated heterocycles. The number of nitrogens with one attached hydrogen (secondary N) is 1. The predicted molar refractivity (Wildman–Crippen MR) is 33.6 cm³/mol. The zero-order chi connectivity index (χ0) is 7.72. The summed E-state index contributed by atoms with van der Waals surface area (Å²) in [7, 11) is 0. The Kier molecular flexibility index (Phi) is 1.72. The van der Waals surface area contributed by atoms with E-state index in [0.717, 1.165) is 4.90 Å². The lowest BCUT2D eigenvalue weighted by Gasteiger charge is -2.08. The summed E-state index contributed by atoms with van der Waals surface area (Å²) in [5, 5.41) is 0. The molecule has 4 nitrogen and oxygen atoms in total. The van der Waals surface area contributed by atoms with Crippen LogP contribution < -0.4 is 5.73 Å². The molecule has 1 aliphatic rings. The molecule has 2 amide bonds. The summed E-state index contributed by atoms with van der Waals surface area (Å²) in [6.07, 6.45) is 0.276. The maximum atomic E-state index is 10.9. The first-order chi connectivity index (χ1) is 4.66. The zero-order valence-electron chi connectivity index (χ0n) is 5.76. The Morgan fingerprint density at radius 3 is 2.50 bits per heavy atom. The maximum absolute atomic E-state index is 10.9. The normalized spacial score (nSPS) is 26.2. The molecule has 0 aromatic heterocycles. The molecule has 0 saturated carbocycles. The van der Waals surface area contributed by atoms with E-state index in [2.05, 4.69) is 0 Å². The van der Waals surface area contributed by atoms with Crippen molar-refractivity contribution in [2.45, 2.75) is 13.3 Å². The fraction of sp³-hybridized carbons (Fsp3) is 0.667. The average Bonchev–Trinajstić information content (AvgIpc) is 2.09. The van der Waals surface area contributed by atoms with Crippen LogP contribution >= 0.6 is 0 Å². The zero-order valence-corrected chi connectivity index (χ0v) is 5.76. The minimum absolute atomic E-state index is 0.208. The first-order valence-corrected chi connectivity index (χ1v) is 3.15. The van der Waals surface area contributed by atoms with Gasteiger partial charge in [0, 0.05) is 12.3 Å². The van der Waals surface area contributed by atoms with Gasteiger partial charge in [0.15, 0.2) is 0 Å². The van der Waals surface area contributed by atoms with Gasteiger partial charge in [-0.15, -0.1) is 0 Å². The van der Waals surface area contributed by atoms with E-state index in [1.54, 1.807) is 6.92 Å². The number of carbonyl (C=O) groups is 2. The van der Waals surface area contributed by atoms with Crippen molar-refractivity contribution in [1.29, 1.82) is 0 Å². The molecule has 0 bridgehead atoms. The fourth-order valence-corrected chi connectivity index (χ4v) is 1.01. The smallest absolute Gasteiger partial charge is 0.233 e. The van der Waals surface area contributed by atoms with Crippen LogP contribution in [0.2, 0.25) is 0 Å². The molecule has 0 aliphatic carbocycles. The van der Waals surface area contributed by atoms with Crippen LogP contribution in [0.15, 0.2) is 0 Å². The number of hydrogen-bond acceptors (Lipinski definition) is 2. The van der Waals surface area contributed by atoms with E-state index in [1.807, 2.05) is 0 Å². The van der Waals surface area contributed by atoms with E-state index >= 15 is 0 Å². The summed E-state index contributed by atoms with van der Waals surface area (Å²) in [6.45, 7) is 1.47. The van der Waals surface area contributed by atoms with Gasteiger partial charge >= 0.3 is 0 Å². The number of nitrogens with zero attached hydrogens (tertiary/aromatic N) is 1. The second-order valence-corrected chi connectivity index (χ2v) is 2.42. The highest BCUT2D eigenvalue weighted by Crippen LogP contribution is 2.16. The van der Waals surface area contributed by atoms with E-state index in [4.69, 9.17) is 5.73 Å². The largest absolute Gasteiger partial charge is 0.274 e. The lowest BCUT2D eigenvalue weighted by Crippen LogP contribution is -2.31. The molecule has 1 aliphatic heterocycles. The molecule has 1 atom stereocenters. The van der Waals surface area contributed by atoms with E-state index < -0.39 is 0 Å². The van der Waals surface area contributed by atoms with Gasteiger partial charge in [0.2, 0.25) is 11.8 Å². The van der Waals surface area contributed by atoms with Gasteiger partial charge in [0.1, 0.15) is 0 Å². The standard InChI is InChI=1S/C6H9N2O2/c1-4-2-5(9)8(3-7)6(4)10/h4,7H,2-3H2,1H3. The highest BCUT2D eigenvalue weighted by Gasteiger charge is 2.34. The van der Waals surface area contributed by atoms with Crippen molar-refractivity contribution in [2.24, 2.45) is 5.92 Å². The van der Waals surface area contributed by atoms with E-state index in [1.165, 1.54) is 0 Å². The van der Waals surface area contributed by atoms with Gasteiger partial charge in [0.25, 0.3) is 0 Å². The lowest BCUT2D eigenvalue weighted by atomic mass is 10.1. The van der Waals surface area contributed by atoms with E-state index in [0.29, 0.717) is 0 Å². The topological polar surface area (TPSA) is 61.2 Å². The molecule has 10 heavy (non-hydrogen) atoms. The van der Waals surface area contributed by atoms with Crippen molar-refractivity contribution < 1.29 is 9.59 Å². The predicted octanol–water partition coefficient (Wildman–Crippen LogP) is -0.378. The Labute approximate surface area is 59.0 Å². The molecular formula is C6H9N2O2. The number of hydrogen-bond donors (Lipinski definition) is 0. The summed E-state index contributed by atoms with van der Waals surface area (Å²) in [6, 6.07) is 0. The van der Waals surface area contributed by atoms with Crippen LogP contribution in [0.3, 0.4) is 0 Å². The van der Waals surface area contributed by atoms with Crippen LogP contribution in [-0.4, -0.2) is 23.4 Å². The van der Waals surface area contributed by atoms with Crippen molar-refractivity contribution in [3.63, 3.8) is 0 Å². The Bertz CT molecular complexity index is 179. The number of amides is 2. The first-order valence-electron chi connectivity index (χ1n) is 3.15. The summed E-state index contributed by atoms with van der Waals surface area (Å²) in [4.78, 5) is 22.7. The molecule has 1 heterocycles. The van der Waals surface area contributed by atoms with Crippen LogP contribution in [0.25, 0.3) is 0 Å². The molecule has 1 N–H and O–H groups in total. The molecule has 1 radical (unpaired) electrons. The highest BCUT2D eigenvalue weighted by atomic mass is 16.2. The van der Waals surface area contributed by atoms with Crippen molar-refractivity contribution in [2.75, 3.05) is 6.67 Å². The van der Waals surface area contributed by atoms with Crippen molar-refractivity contribution in [3.8, 4) is 0 Å². The molecule has 1 unspecified atom stereocenters. The average molecular weight is 141 g/mol. The Morgan fingerprint density at radius 1 is 1.70 bits per heavy atom. The third-order valence-electron chi connectivity index (χ3n) is 1.63. The van der Waals surface area contributed by atoms with E-state index in [-0.39, 0.29) is 30.8 Å². The molecule has 55 valence electrons. The third kappa shape index (κ3) is 0.903. The Balaban J connectivity index is 2.74. The van der Waals surface area contributed by atoms with Gasteiger partial charge in [-0.25, -0.2) is 5.73 Å². The lowest BCUT2D eigenvalue weighted by molar-refractivity contribution is -0.139. The van der Waals surface area contributed by atoms with Crippen molar-refractivity contribution >= 4 is 11.8 Å². The monoisotopic (exact) mass is 141 g/mol. The first kappa shape index (κ1) is 7.21. The molecule has 1 rings (SSSR count). The Hall–Kier alpha value is -0.900. The molecule has 0 spiro atoms. The van der Waals surface area contributed by atoms with Crippen LogP contribution in [0, 0.1) is 5.92 Å². The summed E-state index contributed by atoms with van der Waals surface area (Å²) in [5.74, 6) is -0.634. The van der Waals surface area contributed by atoms with Crippen LogP contribution in [-0.2, 0) is 9.59 Å². The van der Waals surface area contributed by atoms with Crippen molar-refractivity contribution in [3.05, 3.63) is 0 Å². The minimum atomic E-state index is -0.234. The summed E-state index contributed by atoms with van der Waals surface area (Å²) < 4.78 is 0. The van der Waals surface area contributed by atoms with Gasteiger partial charge in [-0.2, -0.15) is 0 Å². The van der Waals surface area contributed by atoms with Gasteiger partial charge in [-0.3, -0.25) is 14.5 Å². The quantitative estimate of drug-likeness (QED) is 0.467. The fourth-order valence-electron chi connectivity index (χ4n) is 1.01. The molecule has 0 aromatic carbocycles. The van der Waals surface area contributed by atoms with Gasteiger partial charge in [-0.05, 0) is 0 Å². The SMILES string of the molecule is CC1CC(=O)N(C[NH])C1=O. The number of rotatable bonds is 1. The molecular weight excluding hydrogens is 132 g/mol. The third-order valence-corrected chi connectivity index (χ3v) is 1.63. The Morgan fingerprint density at radius 2 is 2.30 bits per heavy atom. The van der Waals surface area contributed by atoms with Crippen LogP contribution in [0.4, 0.5) is 0 Å². The second kappa shape index (κ2) is 2.38. The number of imide groups is 1. The van der Waals surface area contributed by atoms with Crippen LogP contribution in [0.1, 0.15) is 13.3 Å². The maximum Gasteiger partial charge on any atom is 0.233 e. The minimum Gasteiger partial charge on any atom is -0.274 e.